The number of non-ortho nitro benzene ring substituents is 1. The summed E-state index contributed by atoms with van der Waals surface area (Å²) in [5.41, 5.74) is -0.149. The topological polar surface area (TPSA) is 95.1 Å². The lowest BCUT2D eigenvalue weighted by atomic mass is 10.1. The van der Waals surface area contributed by atoms with Crippen molar-refractivity contribution in [2.75, 3.05) is 0 Å². The lowest BCUT2D eigenvalue weighted by Gasteiger charge is -2.12. The fourth-order valence-electron chi connectivity index (χ4n) is 3.17. The molecule has 4 rings (SSSR count). The lowest BCUT2D eigenvalue weighted by molar-refractivity contribution is -0.384. The number of fused-ring (bicyclic) bond motifs is 2. The Bertz CT molecular complexity index is 1340. The molecule has 0 amide bonds. The van der Waals surface area contributed by atoms with Gasteiger partial charge in [0.25, 0.3) is 11.2 Å². The minimum absolute atomic E-state index is 0.0374. The summed E-state index contributed by atoms with van der Waals surface area (Å²) in [6.07, 6.45) is 0.679. The monoisotopic (exact) mass is 393 g/mol. The number of nitro groups is 1. The van der Waals surface area contributed by atoms with E-state index in [0.717, 1.165) is 4.70 Å². The summed E-state index contributed by atoms with van der Waals surface area (Å²) in [5, 5.41) is 11.5. The van der Waals surface area contributed by atoms with E-state index in [1.807, 2.05) is 19.1 Å². The van der Waals surface area contributed by atoms with Crippen LogP contribution in [-0.2, 0) is 6.54 Å². The van der Waals surface area contributed by atoms with Crippen molar-refractivity contribution in [1.29, 1.82) is 0 Å². The number of hydrogen-bond donors (Lipinski definition) is 0. The van der Waals surface area contributed by atoms with Crippen molar-refractivity contribution >= 4 is 37.3 Å². The summed E-state index contributed by atoms with van der Waals surface area (Å²) in [4.78, 5) is 41.5. The van der Waals surface area contributed by atoms with Crippen molar-refractivity contribution in [2.45, 2.75) is 19.9 Å². The molecule has 28 heavy (non-hydrogen) atoms. The van der Waals surface area contributed by atoms with Crippen molar-refractivity contribution < 1.29 is 4.92 Å². The molecule has 2 aromatic carbocycles. The molecule has 0 aliphatic rings. The van der Waals surface area contributed by atoms with Gasteiger partial charge in [0, 0.05) is 34.3 Å². The molecular formula is C20H15N3O4S. The SMILES string of the molecule is CCCn1c(-c2ccc([N+](=O)[O-])cc2)nc2sc3ccccc3c(=O)c2c1=O. The molecule has 140 valence electrons. The van der Waals surface area contributed by atoms with Crippen molar-refractivity contribution in [3.05, 3.63) is 79.2 Å². The third kappa shape index (κ3) is 2.87. The van der Waals surface area contributed by atoms with E-state index in [0.29, 0.717) is 34.6 Å². The molecule has 0 radical (unpaired) electrons. The van der Waals surface area contributed by atoms with Gasteiger partial charge in [0.05, 0.1) is 4.92 Å². The quantitative estimate of drug-likeness (QED) is 0.297. The van der Waals surface area contributed by atoms with E-state index >= 15 is 0 Å². The van der Waals surface area contributed by atoms with Gasteiger partial charge in [-0.3, -0.25) is 24.3 Å². The third-order valence-corrected chi connectivity index (χ3v) is 5.55. The Morgan fingerprint density at radius 2 is 1.82 bits per heavy atom. The molecule has 2 aromatic heterocycles. The van der Waals surface area contributed by atoms with Gasteiger partial charge < -0.3 is 0 Å². The molecule has 0 atom stereocenters. The normalized spacial score (nSPS) is 11.2. The van der Waals surface area contributed by atoms with Gasteiger partial charge in [-0.25, -0.2) is 4.98 Å². The first-order chi connectivity index (χ1) is 13.5. The summed E-state index contributed by atoms with van der Waals surface area (Å²) in [5.74, 6) is 0.403. The molecule has 7 nitrogen and oxygen atoms in total. The fourth-order valence-corrected chi connectivity index (χ4v) is 4.21. The van der Waals surface area contributed by atoms with Crippen molar-refractivity contribution in [3.8, 4) is 11.4 Å². The van der Waals surface area contributed by atoms with Crippen LogP contribution in [0.2, 0.25) is 0 Å². The van der Waals surface area contributed by atoms with Crippen LogP contribution in [0.4, 0.5) is 5.69 Å². The summed E-state index contributed by atoms with van der Waals surface area (Å²) in [6, 6.07) is 13.0. The van der Waals surface area contributed by atoms with Crippen LogP contribution in [0, 0.1) is 10.1 Å². The molecule has 0 spiro atoms. The first kappa shape index (κ1) is 18.0. The number of nitro benzene ring substituents is 1. The maximum Gasteiger partial charge on any atom is 0.269 e. The van der Waals surface area contributed by atoms with Gasteiger partial charge in [-0.1, -0.05) is 19.1 Å². The second-order valence-electron chi connectivity index (χ2n) is 6.30. The number of aromatic nitrogens is 2. The highest BCUT2D eigenvalue weighted by molar-refractivity contribution is 7.24. The second-order valence-corrected chi connectivity index (χ2v) is 7.33. The Hall–Kier alpha value is -3.39. The van der Waals surface area contributed by atoms with E-state index in [1.54, 1.807) is 24.3 Å². The predicted octanol–water partition coefficient (Wildman–Crippen LogP) is 3.96. The molecule has 0 N–H and O–H groups in total. The Balaban J connectivity index is 2.06. The maximum atomic E-state index is 13.2. The van der Waals surface area contributed by atoms with Crippen LogP contribution in [0.5, 0.6) is 0 Å². The summed E-state index contributed by atoms with van der Waals surface area (Å²) >= 11 is 1.29. The van der Waals surface area contributed by atoms with E-state index in [-0.39, 0.29) is 22.1 Å². The van der Waals surface area contributed by atoms with Gasteiger partial charge in [0.2, 0.25) is 5.43 Å². The van der Waals surface area contributed by atoms with Gasteiger partial charge in [-0.2, -0.15) is 0 Å². The lowest BCUT2D eigenvalue weighted by Crippen LogP contribution is -2.27. The minimum Gasteiger partial charge on any atom is -0.292 e. The van der Waals surface area contributed by atoms with Crippen molar-refractivity contribution in [2.24, 2.45) is 0 Å². The zero-order valence-corrected chi connectivity index (χ0v) is 15.7. The van der Waals surface area contributed by atoms with Crippen LogP contribution in [0.25, 0.3) is 31.7 Å². The number of nitrogens with zero attached hydrogens (tertiary/aromatic N) is 3. The van der Waals surface area contributed by atoms with E-state index in [4.69, 9.17) is 0 Å². The Kier molecular flexibility index (Phi) is 4.48. The highest BCUT2D eigenvalue weighted by atomic mass is 32.1. The van der Waals surface area contributed by atoms with Gasteiger partial charge in [-0.15, -0.1) is 11.3 Å². The van der Waals surface area contributed by atoms with E-state index < -0.39 is 4.92 Å². The van der Waals surface area contributed by atoms with E-state index in [9.17, 15) is 19.7 Å². The van der Waals surface area contributed by atoms with Crippen LogP contribution in [0.3, 0.4) is 0 Å². The van der Waals surface area contributed by atoms with E-state index in [1.165, 1.54) is 28.0 Å². The zero-order chi connectivity index (χ0) is 19.8. The first-order valence-corrected chi connectivity index (χ1v) is 9.54. The summed E-state index contributed by atoms with van der Waals surface area (Å²) in [7, 11) is 0. The minimum atomic E-state index is -0.478. The number of rotatable bonds is 4. The van der Waals surface area contributed by atoms with Crippen molar-refractivity contribution in [3.63, 3.8) is 0 Å². The third-order valence-electron chi connectivity index (χ3n) is 4.48. The molecule has 0 bridgehead atoms. The van der Waals surface area contributed by atoms with E-state index in [2.05, 4.69) is 4.98 Å². The smallest absolute Gasteiger partial charge is 0.269 e. The van der Waals surface area contributed by atoms with Gasteiger partial charge >= 0.3 is 0 Å². The summed E-state index contributed by atoms with van der Waals surface area (Å²) < 4.78 is 2.24. The second kappa shape index (κ2) is 6.97. The molecule has 0 saturated heterocycles. The van der Waals surface area contributed by atoms with Gasteiger partial charge in [-0.05, 0) is 30.7 Å². The molecular weight excluding hydrogens is 378 g/mol. The Labute approximate surface area is 162 Å². The highest BCUT2D eigenvalue weighted by Crippen LogP contribution is 2.26. The molecule has 8 heteroatoms. The fraction of sp³-hybridized carbons (Fsp3) is 0.150. The van der Waals surface area contributed by atoms with Crippen LogP contribution >= 0.6 is 11.3 Å². The molecule has 0 fully saturated rings. The molecule has 0 aliphatic heterocycles. The maximum absolute atomic E-state index is 13.2. The zero-order valence-electron chi connectivity index (χ0n) is 14.9. The van der Waals surface area contributed by atoms with Crippen LogP contribution in [0.1, 0.15) is 13.3 Å². The Morgan fingerprint density at radius 1 is 1.11 bits per heavy atom. The van der Waals surface area contributed by atoms with Crippen molar-refractivity contribution in [1.82, 2.24) is 9.55 Å². The van der Waals surface area contributed by atoms with Crippen LogP contribution in [0.15, 0.2) is 58.1 Å². The van der Waals surface area contributed by atoms with Crippen LogP contribution in [-0.4, -0.2) is 14.5 Å². The molecule has 0 saturated carbocycles. The van der Waals surface area contributed by atoms with Gasteiger partial charge in [0.1, 0.15) is 16.0 Å². The molecule has 2 heterocycles. The Morgan fingerprint density at radius 3 is 2.50 bits per heavy atom. The molecule has 4 aromatic rings. The molecule has 0 unspecified atom stereocenters. The highest BCUT2D eigenvalue weighted by Gasteiger charge is 2.17. The number of hydrogen-bond acceptors (Lipinski definition) is 6. The first-order valence-electron chi connectivity index (χ1n) is 8.72. The average Bonchev–Trinajstić information content (AvgIpc) is 2.70. The molecule has 0 aliphatic carbocycles. The number of benzene rings is 2. The van der Waals surface area contributed by atoms with Crippen LogP contribution < -0.4 is 11.0 Å². The average molecular weight is 393 g/mol. The predicted molar refractivity (Wildman–Crippen MR) is 110 cm³/mol. The summed E-state index contributed by atoms with van der Waals surface area (Å²) in [6.45, 7) is 2.32. The van der Waals surface area contributed by atoms with Gasteiger partial charge in [0.15, 0.2) is 0 Å². The largest absolute Gasteiger partial charge is 0.292 e. The standard InChI is InChI=1S/C20H15N3O4S/c1-2-11-22-18(12-7-9-13(10-8-12)23(26)27)21-19-16(20(22)25)17(24)14-5-3-4-6-15(14)28-19/h3-10H,2,11H2,1H3.